The standard InChI is InChI=1S/2C15H13ClN6O3.Zn/c2*1-22-7-17-14(21-22)8-4-3-5-9(13(8)25-2)18-10-6-11(16)19-20-12(10)15(23)24;/h2*3-7H,1-2H3,(H,18,19)(H,23,24);/q;;+2/p-2/i2*2D3;. The number of hydrogen-bond acceptors (Lipinski definition) is 16. The third-order valence-electron chi connectivity index (χ3n) is 6.37. The molecule has 6 rings (SSSR count). The number of carboxylic acids is 2. The van der Waals surface area contributed by atoms with E-state index in [0.717, 1.165) is 0 Å². The molecule has 0 amide bonds. The number of rotatable bonds is 10. The van der Waals surface area contributed by atoms with Gasteiger partial charge in [0.2, 0.25) is 0 Å². The quantitative estimate of drug-likeness (QED) is 0.189. The van der Waals surface area contributed by atoms with Gasteiger partial charge in [0.15, 0.2) is 33.5 Å². The molecule has 4 aromatic heterocycles. The van der Waals surface area contributed by atoms with E-state index in [4.69, 9.17) is 40.9 Å². The van der Waals surface area contributed by atoms with Crippen molar-refractivity contribution in [1.29, 1.82) is 0 Å². The number of aromatic carboxylic acids is 2. The van der Waals surface area contributed by atoms with Crippen molar-refractivity contribution in [2.75, 3.05) is 24.7 Å². The Bertz CT molecular complexity index is 2250. The summed E-state index contributed by atoms with van der Waals surface area (Å²) in [4.78, 5) is 30.8. The molecule has 0 saturated heterocycles. The van der Waals surface area contributed by atoms with Crippen LogP contribution in [0.2, 0.25) is 10.3 Å². The Kier molecular flexibility index (Phi) is 9.88. The zero-order valence-electron chi connectivity index (χ0n) is 32.2. The number of aromatic nitrogens is 10. The Morgan fingerprint density at radius 1 is 0.706 bits per heavy atom. The van der Waals surface area contributed by atoms with E-state index in [-0.39, 0.29) is 86.8 Å². The molecule has 2 aromatic carbocycles. The van der Waals surface area contributed by atoms with Gasteiger partial charge < -0.3 is 39.9 Å². The molecule has 0 atom stereocenters. The largest absolute Gasteiger partial charge is 2.00 e. The van der Waals surface area contributed by atoms with Crippen molar-refractivity contribution in [1.82, 2.24) is 49.9 Å². The Labute approximate surface area is 320 Å². The van der Waals surface area contributed by atoms with Gasteiger partial charge in [0.05, 0.1) is 68.1 Å². The second-order valence-electron chi connectivity index (χ2n) is 9.74. The third kappa shape index (κ3) is 8.88. The van der Waals surface area contributed by atoms with Gasteiger partial charge in [-0.15, -0.1) is 20.4 Å². The van der Waals surface area contributed by atoms with Crippen molar-refractivity contribution < 1.29 is 57.0 Å². The molecule has 256 valence electrons. The zero-order valence-corrected chi connectivity index (χ0v) is 30.6. The number of carbonyl (C=O) groups is 2. The minimum atomic E-state index is -2.79. The number of halogens is 2. The maximum absolute atomic E-state index is 11.3. The molecule has 18 nitrogen and oxygen atoms in total. The van der Waals surface area contributed by atoms with Crippen LogP contribution in [-0.4, -0.2) is 75.9 Å². The molecule has 0 spiro atoms. The molecule has 21 heteroatoms. The van der Waals surface area contributed by atoms with Gasteiger partial charge in [0.25, 0.3) is 0 Å². The topological polar surface area (TPSA) is 236 Å². The van der Waals surface area contributed by atoms with Crippen LogP contribution in [0.25, 0.3) is 22.8 Å². The smallest absolute Gasteiger partial charge is 0.543 e. The number of ether oxygens (including phenoxy) is 2. The molecule has 6 aromatic rings. The maximum atomic E-state index is 11.3. The fourth-order valence-electron chi connectivity index (χ4n) is 4.29. The van der Waals surface area contributed by atoms with Crippen LogP contribution in [0, 0.1) is 0 Å². The number of carboxylic acid groups (broad SMARTS) is 2. The number of methoxy groups -OCH3 is 2. The van der Waals surface area contributed by atoms with Gasteiger partial charge in [-0.05, 0) is 24.3 Å². The van der Waals surface area contributed by atoms with Crippen LogP contribution in [0.5, 0.6) is 11.5 Å². The molecule has 51 heavy (non-hydrogen) atoms. The van der Waals surface area contributed by atoms with Crippen LogP contribution in [0.3, 0.4) is 0 Å². The predicted octanol–water partition coefficient (Wildman–Crippen LogP) is 2.08. The molecular formula is C30H24Cl2N12O6Zn. The van der Waals surface area contributed by atoms with Gasteiger partial charge in [-0.1, -0.05) is 35.3 Å². The van der Waals surface area contributed by atoms with Crippen molar-refractivity contribution in [2.24, 2.45) is 14.1 Å². The molecule has 0 saturated carbocycles. The van der Waals surface area contributed by atoms with Crippen LogP contribution in [0.15, 0.2) is 61.2 Å². The zero-order chi connectivity index (χ0) is 40.9. The van der Waals surface area contributed by atoms with Crippen molar-refractivity contribution in [3.8, 4) is 34.3 Å². The summed E-state index contributed by atoms with van der Waals surface area (Å²) in [5, 5.41) is 50.1. The van der Waals surface area contributed by atoms with Crippen LogP contribution in [-0.2, 0) is 33.6 Å². The molecule has 0 aliphatic carbocycles. The Morgan fingerprint density at radius 2 is 1.12 bits per heavy atom. The van der Waals surface area contributed by atoms with Crippen molar-refractivity contribution in [3.05, 3.63) is 82.9 Å². The average molecular weight is 791 g/mol. The van der Waals surface area contributed by atoms with E-state index < -0.39 is 37.4 Å². The SMILES string of the molecule is [2H]C([2H])([2H])Oc1c(Nc2cc(Cl)nnc2C(=O)[O-])cccc1-c1ncn(C)n1.[2H]C([2H])([2H])Oc1c(Nc2cc(Cl)nnc2C(=O)[O-])cccc1-c1ncn(C)n1.[Zn+2]. The van der Waals surface area contributed by atoms with Gasteiger partial charge in [-0.2, -0.15) is 10.2 Å². The minimum absolute atomic E-state index is 0. The Balaban J connectivity index is 0.000000248. The van der Waals surface area contributed by atoms with E-state index in [1.165, 1.54) is 46.3 Å². The van der Waals surface area contributed by atoms with Gasteiger partial charge in [0.1, 0.15) is 24.0 Å². The van der Waals surface area contributed by atoms with E-state index in [1.54, 1.807) is 38.4 Å². The summed E-state index contributed by atoms with van der Waals surface area (Å²) >= 11 is 11.6. The monoisotopic (exact) mass is 788 g/mol. The van der Waals surface area contributed by atoms with E-state index in [1.807, 2.05) is 0 Å². The number of nitrogens with zero attached hydrogens (tertiary/aromatic N) is 10. The molecule has 0 radical (unpaired) electrons. The summed E-state index contributed by atoms with van der Waals surface area (Å²) in [7, 11) is -2.27. The van der Waals surface area contributed by atoms with Gasteiger partial charge in [-0.25, -0.2) is 9.97 Å². The molecule has 0 aliphatic rings. The average Bonchev–Trinajstić information content (AvgIpc) is 3.73. The summed E-state index contributed by atoms with van der Waals surface area (Å²) in [6.45, 7) is 0. The van der Waals surface area contributed by atoms with E-state index in [9.17, 15) is 19.8 Å². The molecule has 0 fully saturated rings. The van der Waals surface area contributed by atoms with Crippen molar-refractivity contribution in [3.63, 3.8) is 0 Å². The first-order chi connectivity index (χ1) is 26.3. The first kappa shape index (κ1) is 30.1. The number of anilines is 4. The fourth-order valence-corrected chi connectivity index (χ4v) is 4.58. The molecule has 0 bridgehead atoms. The Hall–Kier alpha value is -5.78. The second kappa shape index (κ2) is 16.8. The van der Waals surface area contributed by atoms with Gasteiger partial charge in [0, 0.05) is 26.2 Å². The van der Waals surface area contributed by atoms with Gasteiger partial charge in [-0.3, -0.25) is 9.36 Å². The predicted molar refractivity (Wildman–Crippen MR) is 175 cm³/mol. The third-order valence-corrected chi connectivity index (χ3v) is 6.74. The van der Waals surface area contributed by atoms with Crippen LogP contribution in [0.4, 0.5) is 22.7 Å². The van der Waals surface area contributed by atoms with E-state index in [0.29, 0.717) is 0 Å². The minimum Gasteiger partial charge on any atom is -0.543 e. The molecular weight excluding hydrogens is 761 g/mol. The fraction of sp³-hybridized carbons (Fsp3) is 0.133. The number of benzene rings is 2. The van der Waals surface area contributed by atoms with Crippen LogP contribution < -0.4 is 30.3 Å². The summed E-state index contributed by atoms with van der Waals surface area (Å²) in [5.41, 5.74) is -0.297. The van der Waals surface area contributed by atoms with Crippen molar-refractivity contribution in [2.45, 2.75) is 0 Å². The summed E-state index contributed by atoms with van der Waals surface area (Å²) in [6, 6.07) is 11.7. The van der Waals surface area contributed by atoms with Crippen molar-refractivity contribution >= 4 is 57.9 Å². The number of nitrogens with one attached hydrogen (secondary N) is 2. The van der Waals surface area contributed by atoms with Crippen LogP contribution in [0.1, 0.15) is 29.2 Å². The molecule has 2 N–H and O–H groups in total. The first-order valence-corrected chi connectivity index (χ1v) is 14.4. The number of para-hydroxylation sites is 2. The molecule has 0 aliphatic heterocycles. The number of aryl methyl sites for hydroxylation is 2. The number of hydrogen-bond donors (Lipinski definition) is 2. The Morgan fingerprint density at radius 3 is 1.45 bits per heavy atom. The summed E-state index contributed by atoms with van der Waals surface area (Å²) in [6.07, 6.45) is 2.88. The molecule has 0 unspecified atom stereocenters. The second-order valence-corrected chi connectivity index (χ2v) is 10.5. The summed E-state index contributed by atoms with van der Waals surface area (Å²) in [5.74, 6) is -2.95. The normalized spacial score (nSPS) is 12.5. The first-order valence-electron chi connectivity index (χ1n) is 16.7. The van der Waals surface area contributed by atoms with E-state index >= 15 is 0 Å². The number of carbonyl (C=O) groups excluding carboxylic acids is 2. The van der Waals surface area contributed by atoms with E-state index in [2.05, 4.69) is 51.2 Å². The maximum Gasteiger partial charge on any atom is 2.00 e. The molecule has 4 heterocycles. The summed E-state index contributed by atoms with van der Waals surface area (Å²) < 4.78 is 57.8. The van der Waals surface area contributed by atoms with Gasteiger partial charge >= 0.3 is 19.5 Å². The van der Waals surface area contributed by atoms with Crippen LogP contribution >= 0.6 is 23.2 Å².